The Morgan fingerprint density at radius 1 is 1.14 bits per heavy atom. The van der Waals surface area contributed by atoms with Gasteiger partial charge in [-0.25, -0.2) is 8.42 Å². The molecule has 0 bridgehead atoms. The van der Waals surface area contributed by atoms with Crippen LogP contribution in [-0.2, 0) is 16.6 Å². The number of nitrogens with zero attached hydrogens (tertiary/aromatic N) is 2. The number of hydrogen-bond donors (Lipinski definition) is 1. The molecule has 0 atom stereocenters. The molecule has 0 saturated carbocycles. The lowest BCUT2D eigenvalue weighted by Crippen LogP contribution is -2.31. The first-order valence-electron chi connectivity index (χ1n) is 8.72. The molecular weight excluding hydrogens is 374 g/mol. The quantitative estimate of drug-likeness (QED) is 0.696. The Morgan fingerprint density at radius 3 is 2.32 bits per heavy atom. The van der Waals surface area contributed by atoms with E-state index in [1.165, 1.54) is 24.3 Å². The van der Waals surface area contributed by atoms with Crippen LogP contribution in [0, 0.1) is 23.7 Å². The zero-order chi connectivity index (χ0) is 20.6. The largest absolute Gasteiger partial charge is 0.334 e. The number of terminal acetylenes is 1. The number of carbonyl (C=O) groups excluding carboxylic acids is 1. The van der Waals surface area contributed by atoms with Crippen molar-refractivity contribution in [1.29, 1.82) is 5.26 Å². The minimum Gasteiger partial charge on any atom is -0.334 e. The van der Waals surface area contributed by atoms with Crippen molar-refractivity contribution in [1.82, 2.24) is 9.62 Å². The van der Waals surface area contributed by atoms with Crippen LogP contribution >= 0.6 is 0 Å². The lowest BCUT2D eigenvalue weighted by atomic mass is 10.1. The Labute approximate surface area is 165 Å². The van der Waals surface area contributed by atoms with Crippen molar-refractivity contribution in [3.63, 3.8) is 0 Å². The van der Waals surface area contributed by atoms with Crippen LogP contribution in [0.5, 0.6) is 0 Å². The highest BCUT2D eigenvalue weighted by molar-refractivity contribution is 7.89. The van der Waals surface area contributed by atoms with Gasteiger partial charge in [0, 0.05) is 18.7 Å². The third-order valence-electron chi connectivity index (χ3n) is 4.01. The molecular formula is C21H21N3O3S. The summed E-state index contributed by atoms with van der Waals surface area (Å²) in [5.41, 5.74) is 1.88. The van der Waals surface area contributed by atoms with Gasteiger partial charge in [0.1, 0.15) is 0 Å². The van der Waals surface area contributed by atoms with Crippen molar-refractivity contribution in [3.8, 4) is 18.4 Å². The van der Waals surface area contributed by atoms with E-state index in [-0.39, 0.29) is 17.3 Å². The van der Waals surface area contributed by atoms with Crippen LogP contribution in [0.25, 0.3) is 0 Å². The molecule has 0 aliphatic rings. The van der Waals surface area contributed by atoms with Gasteiger partial charge >= 0.3 is 0 Å². The van der Waals surface area contributed by atoms with E-state index in [4.69, 9.17) is 11.7 Å². The second-order valence-electron chi connectivity index (χ2n) is 6.09. The molecule has 0 aliphatic carbocycles. The summed E-state index contributed by atoms with van der Waals surface area (Å²) in [7, 11) is -3.69. The van der Waals surface area contributed by atoms with Gasteiger partial charge in [0.05, 0.1) is 23.1 Å². The fourth-order valence-electron chi connectivity index (χ4n) is 2.61. The average Bonchev–Trinajstić information content (AvgIpc) is 2.72. The van der Waals surface area contributed by atoms with E-state index in [2.05, 4.69) is 16.7 Å². The van der Waals surface area contributed by atoms with Crippen molar-refractivity contribution >= 4 is 15.9 Å². The first kappa shape index (κ1) is 21.2. The lowest BCUT2D eigenvalue weighted by Gasteiger charge is -2.22. The van der Waals surface area contributed by atoms with Crippen LogP contribution in [0.4, 0.5) is 0 Å². The summed E-state index contributed by atoms with van der Waals surface area (Å²) in [6, 6.07) is 14.9. The molecule has 0 aromatic heterocycles. The second-order valence-corrected chi connectivity index (χ2v) is 7.86. The van der Waals surface area contributed by atoms with E-state index in [1.807, 2.05) is 19.1 Å². The molecule has 0 heterocycles. The fraction of sp³-hybridized carbons (Fsp3) is 0.238. The van der Waals surface area contributed by atoms with Gasteiger partial charge in [-0.05, 0) is 48.4 Å². The molecule has 7 heteroatoms. The molecule has 0 saturated heterocycles. The highest BCUT2D eigenvalue weighted by Gasteiger charge is 2.18. The molecule has 2 aromatic carbocycles. The molecule has 0 spiro atoms. The van der Waals surface area contributed by atoms with Gasteiger partial charge in [0.25, 0.3) is 5.91 Å². The van der Waals surface area contributed by atoms with Crippen LogP contribution in [0.2, 0.25) is 0 Å². The molecule has 0 fully saturated rings. The number of benzene rings is 2. The summed E-state index contributed by atoms with van der Waals surface area (Å²) in [5.74, 6) is 2.03. The maximum absolute atomic E-state index is 12.9. The third kappa shape index (κ3) is 5.43. The van der Waals surface area contributed by atoms with Gasteiger partial charge < -0.3 is 4.90 Å². The van der Waals surface area contributed by atoms with Crippen LogP contribution < -0.4 is 4.72 Å². The summed E-state index contributed by atoms with van der Waals surface area (Å²) in [6.07, 6.45) is 5.86. The highest BCUT2D eigenvalue weighted by atomic mass is 32.2. The van der Waals surface area contributed by atoms with Crippen molar-refractivity contribution in [2.75, 3.05) is 13.1 Å². The predicted molar refractivity (Wildman–Crippen MR) is 107 cm³/mol. The van der Waals surface area contributed by atoms with Crippen LogP contribution in [0.1, 0.15) is 34.8 Å². The molecule has 0 radical (unpaired) electrons. The number of nitriles is 1. The molecule has 28 heavy (non-hydrogen) atoms. The average molecular weight is 395 g/mol. The first-order chi connectivity index (χ1) is 13.4. The molecule has 1 amide bonds. The lowest BCUT2D eigenvalue weighted by molar-refractivity contribution is 0.0743. The number of amides is 1. The smallest absolute Gasteiger partial charge is 0.254 e. The summed E-state index contributed by atoms with van der Waals surface area (Å²) in [4.78, 5) is 14.6. The number of rotatable bonds is 8. The van der Waals surface area contributed by atoms with Gasteiger partial charge in [0.15, 0.2) is 0 Å². The van der Waals surface area contributed by atoms with Crippen molar-refractivity contribution in [2.24, 2.45) is 0 Å². The molecule has 2 aromatic rings. The van der Waals surface area contributed by atoms with Crippen LogP contribution in [0.15, 0.2) is 53.4 Å². The zero-order valence-electron chi connectivity index (χ0n) is 15.6. The molecule has 144 valence electrons. The Balaban J connectivity index is 2.18. The van der Waals surface area contributed by atoms with E-state index in [0.717, 1.165) is 12.0 Å². The maximum atomic E-state index is 12.9. The molecule has 1 N–H and O–H groups in total. The highest BCUT2D eigenvalue weighted by Crippen LogP contribution is 2.15. The van der Waals surface area contributed by atoms with Gasteiger partial charge in [-0.2, -0.15) is 9.98 Å². The van der Waals surface area contributed by atoms with Gasteiger partial charge in [-0.15, -0.1) is 6.42 Å². The Morgan fingerprint density at radius 2 is 1.79 bits per heavy atom. The number of carbonyl (C=O) groups is 1. The van der Waals surface area contributed by atoms with Crippen LogP contribution in [-0.4, -0.2) is 32.3 Å². The molecule has 6 nitrogen and oxygen atoms in total. The summed E-state index contributed by atoms with van der Waals surface area (Å²) < 4.78 is 26.4. The van der Waals surface area contributed by atoms with E-state index < -0.39 is 10.0 Å². The van der Waals surface area contributed by atoms with Gasteiger partial charge in [-0.3, -0.25) is 4.79 Å². The second kappa shape index (κ2) is 9.70. The monoisotopic (exact) mass is 395 g/mol. The molecule has 0 aliphatic heterocycles. The van der Waals surface area contributed by atoms with Crippen LogP contribution in [0.3, 0.4) is 0 Å². The Hall–Kier alpha value is -3.13. The van der Waals surface area contributed by atoms with E-state index >= 15 is 0 Å². The third-order valence-corrected chi connectivity index (χ3v) is 5.43. The van der Waals surface area contributed by atoms with E-state index in [0.29, 0.717) is 24.2 Å². The van der Waals surface area contributed by atoms with E-state index in [9.17, 15) is 13.2 Å². The normalized spacial score (nSPS) is 10.7. The minimum absolute atomic E-state index is 0.0495. The molecule has 0 unspecified atom stereocenters. The predicted octanol–water partition coefficient (Wildman–Crippen LogP) is 2.52. The first-order valence-corrected chi connectivity index (χ1v) is 10.2. The van der Waals surface area contributed by atoms with Gasteiger partial charge in [-0.1, -0.05) is 25.0 Å². The number of sulfonamides is 1. The van der Waals surface area contributed by atoms with Crippen molar-refractivity contribution in [3.05, 3.63) is 65.2 Å². The number of hydrogen-bond acceptors (Lipinski definition) is 4. The minimum atomic E-state index is -3.69. The maximum Gasteiger partial charge on any atom is 0.254 e. The number of nitrogens with one attached hydrogen (secondary N) is 1. The topological polar surface area (TPSA) is 90.3 Å². The zero-order valence-corrected chi connectivity index (χ0v) is 16.4. The van der Waals surface area contributed by atoms with Crippen molar-refractivity contribution in [2.45, 2.75) is 24.8 Å². The standard InChI is InChI=1S/C21H21N3O3S/c1-3-13-23-28(26,27)20-11-9-19(10-12-20)21(25)24(14-4-2)16-18-7-5-17(15-22)6-8-18/h1,5-12,23H,4,13-14,16H2,2H3. The fourth-order valence-corrected chi connectivity index (χ4v) is 3.54. The Bertz CT molecular complexity index is 999. The van der Waals surface area contributed by atoms with Gasteiger partial charge in [0.2, 0.25) is 10.0 Å². The van der Waals surface area contributed by atoms with E-state index in [1.54, 1.807) is 17.0 Å². The SMILES string of the molecule is C#CCNS(=O)(=O)c1ccc(C(=O)N(CCC)Cc2ccc(C#N)cc2)cc1. The molecule has 2 rings (SSSR count). The summed E-state index contributed by atoms with van der Waals surface area (Å²) in [5, 5.41) is 8.89. The Kier molecular flexibility index (Phi) is 7.34. The summed E-state index contributed by atoms with van der Waals surface area (Å²) >= 11 is 0. The van der Waals surface area contributed by atoms with Crippen molar-refractivity contribution < 1.29 is 13.2 Å². The summed E-state index contributed by atoms with van der Waals surface area (Å²) in [6.45, 7) is 2.84.